The summed E-state index contributed by atoms with van der Waals surface area (Å²) in [7, 11) is 0. The van der Waals surface area contributed by atoms with Gasteiger partial charge in [-0.1, -0.05) is 0 Å². The van der Waals surface area contributed by atoms with Crippen LogP contribution in [0.4, 0.5) is 5.69 Å². The molecule has 0 fully saturated rings. The minimum atomic E-state index is -0.196. The first-order valence-electron chi connectivity index (χ1n) is 6.19. The van der Waals surface area contributed by atoms with E-state index in [2.05, 4.69) is 25.5 Å². The highest BCUT2D eigenvalue weighted by Gasteiger charge is 2.16. The molecule has 6 heteroatoms. The van der Waals surface area contributed by atoms with Crippen LogP contribution in [-0.2, 0) is 0 Å². The van der Waals surface area contributed by atoms with Gasteiger partial charge in [-0.3, -0.25) is 14.9 Å². The van der Waals surface area contributed by atoms with Crippen molar-refractivity contribution >= 4 is 22.6 Å². The van der Waals surface area contributed by atoms with Crippen molar-refractivity contribution < 1.29 is 4.79 Å². The first-order chi connectivity index (χ1) is 9.65. The zero-order chi connectivity index (χ0) is 14.1. The molecule has 3 aromatic rings. The number of fused-ring (bicyclic) bond motifs is 1. The number of H-pyrrole nitrogens is 1. The quantitative estimate of drug-likeness (QED) is 0.745. The lowest BCUT2D eigenvalue weighted by Crippen LogP contribution is -2.13. The molecule has 3 heterocycles. The number of aromatic amines is 1. The van der Waals surface area contributed by atoms with E-state index in [1.165, 1.54) is 0 Å². The van der Waals surface area contributed by atoms with E-state index >= 15 is 0 Å². The molecule has 3 aromatic heterocycles. The number of aromatic nitrogens is 4. The molecule has 0 atom stereocenters. The van der Waals surface area contributed by atoms with Crippen molar-refractivity contribution in [3.63, 3.8) is 0 Å². The predicted octanol–water partition coefficient (Wildman–Crippen LogP) is 2.22. The molecule has 0 unspecified atom stereocenters. The van der Waals surface area contributed by atoms with Gasteiger partial charge in [0, 0.05) is 17.6 Å². The first kappa shape index (κ1) is 12.3. The Bertz CT molecular complexity index is 779. The average molecular weight is 267 g/mol. The Morgan fingerprint density at radius 3 is 2.95 bits per heavy atom. The number of amides is 1. The van der Waals surface area contributed by atoms with Crippen molar-refractivity contribution in [1.29, 1.82) is 0 Å². The van der Waals surface area contributed by atoms with Crippen LogP contribution in [0.25, 0.3) is 11.0 Å². The van der Waals surface area contributed by atoms with E-state index < -0.39 is 0 Å². The Morgan fingerprint density at radius 1 is 1.35 bits per heavy atom. The van der Waals surface area contributed by atoms with Crippen molar-refractivity contribution in [2.75, 3.05) is 5.32 Å². The van der Waals surface area contributed by atoms with Crippen LogP contribution in [0, 0.1) is 13.8 Å². The molecular formula is C14H13N5O. The van der Waals surface area contributed by atoms with Crippen LogP contribution >= 0.6 is 0 Å². The SMILES string of the molecule is Cc1cc(C(=O)Nc2cccnc2)c2c(C)[nH]nc2n1. The Labute approximate surface area is 115 Å². The molecule has 0 saturated carbocycles. The van der Waals surface area contributed by atoms with Gasteiger partial charge in [-0.25, -0.2) is 4.98 Å². The van der Waals surface area contributed by atoms with Gasteiger partial charge >= 0.3 is 0 Å². The molecule has 1 amide bonds. The summed E-state index contributed by atoms with van der Waals surface area (Å²) in [5.41, 5.74) is 3.34. The predicted molar refractivity (Wildman–Crippen MR) is 75.6 cm³/mol. The molecule has 2 N–H and O–H groups in total. The summed E-state index contributed by atoms with van der Waals surface area (Å²) in [6.07, 6.45) is 3.26. The van der Waals surface area contributed by atoms with Crippen LogP contribution in [0.5, 0.6) is 0 Å². The van der Waals surface area contributed by atoms with Gasteiger partial charge in [-0.05, 0) is 32.0 Å². The highest BCUT2D eigenvalue weighted by molar-refractivity contribution is 6.12. The van der Waals surface area contributed by atoms with Crippen molar-refractivity contribution in [3.8, 4) is 0 Å². The van der Waals surface area contributed by atoms with Crippen LogP contribution in [0.2, 0.25) is 0 Å². The fraction of sp³-hybridized carbons (Fsp3) is 0.143. The summed E-state index contributed by atoms with van der Waals surface area (Å²) < 4.78 is 0. The van der Waals surface area contributed by atoms with E-state index in [0.717, 1.165) is 16.8 Å². The third kappa shape index (κ3) is 2.11. The number of nitrogens with zero attached hydrogens (tertiary/aromatic N) is 3. The zero-order valence-electron chi connectivity index (χ0n) is 11.1. The fourth-order valence-electron chi connectivity index (χ4n) is 2.11. The summed E-state index contributed by atoms with van der Waals surface area (Å²) in [5.74, 6) is -0.196. The number of pyridine rings is 2. The maximum atomic E-state index is 12.4. The van der Waals surface area contributed by atoms with Gasteiger partial charge in [0.15, 0.2) is 5.65 Å². The Balaban J connectivity index is 2.05. The number of nitrogens with one attached hydrogen (secondary N) is 2. The molecule has 0 aliphatic heterocycles. The number of hydrogen-bond acceptors (Lipinski definition) is 4. The zero-order valence-corrected chi connectivity index (χ0v) is 11.1. The third-order valence-electron chi connectivity index (χ3n) is 3.00. The number of hydrogen-bond donors (Lipinski definition) is 2. The molecule has 0 bridgehead atoms. The third-order valence-corrected chi connectivity index (χ3v) is 3.00. The molecule has 0 radical (unpaired) electrons. The van der Waals surface area contributed by atoms with Crippen LogP contribution in [0.3, 0.4) is 0 Å². The van der Waals surface area contributed by atoms with Gasteiger partial charge in [-0.2, -0.15) is 5.10 Å². The molecular weight excluding hydrogens is 254 g/mol. The molecule has 100 valence electrons. The molecule has 0 saturated heterocycles. The van der Waals surface area contributed by atoms with Gasteiger partial charge in [0.1, 0.15) is 0 Å². The molecule has 0 aromatic carbocycles. The number of carbonyl (C=O) groups excluding carboxylic acids is 1. The fourth-order valence-corrected chi connectivity index (χ4v) is 2.11. The molecule has 20 heavy (non-hydrogen) atoms. The second-order valence-corrected chi connectivity index (χ2v) is 4.55. The standard InChI is InChI=1S/C14H13N5O/c1-8-6-11(12-9(2)18-19-13(12)16-8)14(20)17-10-4-3-5-15-7-10/h3-7H,1-2H3,(H,17,20)(H,16,18,19). The van der Waals surface area contributed by atoms with Gasteiger partial charge in [-0.15, -0.1) is 0 Å². The van der Waals surface area contributed by atoms with E-state index in [9.17, 15) is 4.79 Å². The van der Waals surface area contributed by atoms with Gasteiger partial charge in [0.05, 0.1) is 22.8 Å². The number of rotatable bonds is 2. The molecule has 3 rings (SSSR count). The molecule has 0 aliphatic carbocycles. The Morgan fingerprint density at radius 2 is 2.20 bits per heavy atom. The highest BCUT2D eigenvalue weighted by Crippen LogP contribution is 2.21. The summed E-state index contributed by atoms with van der Waals surface area (Å²) in [4.78, 5) is 20.7. The summed E-state index contributed by atoms with van der Waals surface area (Å²) in [5, 5.41) is 10.5. The van der Waals surface area contributed by atoms with Crippen molar-refractivity contribution in [2.24, 2.45) is 0 Å². The van der Waals surface area contributed by atoms with Crippen LogP contribution in [0.1, 0.15) is 21.7 Å². The van der Waals surface area contributed by atoms with E-state index in [1.807, 2.05) is 13.8 Å². The summed E-state index contributed by atoms with van der Waals surface area (Å²) in [6, 6.07) is 5.32. The van der Waals surface area contributed by atoms with Crippen molar-refractivity contribution in [2.45, 2.75) is 13.8 Å². The number of aryl methyl sites for hydroxylation is 2. The highest BCUT2D eigenvalue weighted by atomic mass is 16.1. The van der Waals surface area contributed by atoms with Gasteiger partial charge in [0.25, 0.3) is 5.91 Å². The van der Waals surface area contributed by atoms with Crippen LogP contribution < -0.4 is 5.32 Å². The minimum Gasteiger partial charge on any atom is -0.321 e. The Kier molecular flexibility index (Phi) is 2.90. The molecule has 0 spiro atoms. The number of carbonyl (C=O) groups is 1. The lowest BCUT2D eigenvalue weighted by molar-refractivity contribution is 0.102. The summed E-state index contributed by atoms with van der Waals surface area (Å²) in [6.45, 7) is 3.71. The average Bonchev–Trinajstić information content (AvgIpc) is 2.80. The van der Waals surface area contributed by atoms with Crippen molar-refractivity contribution in [3.05, 3.63) is 47.5 Å². The second-order valence-electron chi connectivity index (χ2n) is 4.55. The smallest absolute Gasteiger partial charge is 0.256 e. The molecule has 6 nitrogen and oxygen atoms in total. The maximum absolute atomic E-state index is 12.4. The van der Waals surface area contributed by atoms with E-state index in [-0.39, 0.29) is 5.91 Å². The van der Waals surface area contributed by atoms with Crippen molar-refractivity contribution in [1.82, 2.24) is 20.2 Å². The number of anilines is 1. The Hall–Kier alpha value is -2.76. The molecule has 0 aliphatic rings. The summed E-state index contributed by atoms with van der Waals surface area (Å²) >= 11 is 0. The van der Waals surface area contributed by atoms with Crippen LogP contribution in [-0.4, -0.2) is 26.1 Å². The first-order valence-corrected chi connectivity index (χ1v) is 6.19. The largest absolute Gasteiger partial charge is 0.321 e. The van der Waals surface area contributed by atoms with E-state index in [0.29, 0.717) is 16.9 Å². The lowest BCUT2D eigenvalue weighted by atomic mass is 10.1. The van der Waals surface area contributed by atoms with E-state index in [1.54, 1.807) is 30.6 Å². The topological polar surface area (TPSA) is 83.6 Å². The minimum absolute atomic E-state index is 0.196. The van der Waals surface area contributed by atoms with E-state index in [4.69, 9.17) is 0 Å². The maximum Gasteiger partial charge on any atom is 0.256 e. The normalized spacial score (nSPS) is 10.7. The second kappa shape index (κ2) is 4.73. The lowest BCUT2D eigenvalue weighted by Gasteiger charge is -2.06. The van der Waals surface area contributed by atoms with Gasteiger partial charge < -0.3 is 5.32 Å². The van der Waals surface area contributed by atoms with Crippen LogP contribution in [0.15, 0.2) is 30.6 Å². The van der Waals surface area contributed by atoms with Gasteiger partial charge in [0.2, 0.25) is 0 Å². The monoisotopic (exact) mass is 267 g/mol.